The van der Waals surface area contributed by atoms with Gasteiger partial charge in [0.1, 0.15) is 4.60 Å². The first kappa shape index (κ1) is 14.5. The molecule has 2 rings (SSSR count). The Labute approximate surface area is 126 Å². The van der Waals surface area contributed by atoms with E-state index < -0.39 is 0 Å². The highest BCUT2D eigenvalue weighted by Crippen LogP contribution is 2.19. The molecule has 0 aliphatic heterocycles. The number of nitrogens with zero attached hydrogens (tertiary/aromatic N) is 1. The lowest BCUT2D eigenvalue weighted by molar-refractivity contribution is -0.114. The van der Waals surface area contributed by atoms with E-state index in [9.17, 15) is 4.79 Å². The number of anilines is 2. The molecular formula is C15H16BrN3O. The lowest BCUT2D eigenvalue weighted by atomic mass is 10.1. The number of hydrogen-bond acceptors (Lipinski definition) is 3. The summed E-state index contributed by atoms with van der Waals surface area (Å²) in [5, 5.41) is 6.14. The maximum atomic E-state index is 11.2. The maximum absolute atomic E-state index is 11.2. The molecule has 1 aromatic heterocycles. The molecule has 0 spiro atoms. The van der Waals surface area contributed by atoms with Crippen molar-refractivity contribution in [2.45, 2.75) is 20.4 Å². The summed E-state index contributed by atoms with van der Waals surface area (Å²) in [7, 11) is 0. The van der Waals surface area contributed by atoms with Crippen molar-refractivity contribution in [3.8, 4) is 0 Å². The van der Waals surface area contributed by atoms with Crippen molar-refractivity contribution >= 4 is 33.2 Å². The SMILES string of the molecule is CC(=O)Nc1ccccc1CNc1cnc(Br)c(C)c1. The van der Waals surface area contributed by atoms with E-state index in [-0.39, 0.29) is 5.91 Å². The minimum absolute atomic E-state index is 0.0707. The molecule has 0 bridgehead atoms. The zero-order valence-corrected chi connectivity index (χ0v) is 13.0. The number of aryl methyl sites for hydroxylation is 1. The van der Waals surface area contributed by atoms with Gasteiger partial charge in [-0.25, -0.2) is 4.98 Å². The molecule has 0 unspecified atom stereocenters. The van der Waals surface area contributed by atoms with Gasteiger partial charge < -0.3 is 10.6 Å². The summed E-state index contributed by atoms with van der Waals surface area (Å²) in [4.78, 5) is 15.4. The van der Waals surface area contributed by atoms with Gasteiger partial charge in [-0.05, 0) is 46.1 Å². The number of halogens is 1. The Balaban J connectivity index is 2.10. The van der Waals surface area contributed by atoms with Crippen molar-refractivity contribution < 1.29 is 4.79 Å². The third kappa shape index (κ3) is 3.81. The van der Waals surface area contributed by atoms with Gasteiger partial charge in [0.25, 0.3) is 0 Å². The molecular weight excluding hydrogens is 318 g/mol. The van der Waals surface area contributed by atoms with E-state index in [0.717, 1.165) is 27.1 Å². The molecule has 2 N–H and O–H groups in total. The van der Waals surface area contributed by atoms with Gasteiger partial charge >= 0.3 is 0 Å². The molecule has 104 valence electrons. The first-order valence-electron chi connectivity index (χ1n) is 6.28. The van der Waals surface area contributed by atoms with E-state index >= 15 is 0 Å². The van der Waals surface area contributed by atoms with Gasteiger partial charge in [0, 0.05) is 19.2 Å². The average Bonchev–Trinajstić information content (AvgIpc) is 2.41. The van der Waals surface area contributed by atoms with Crippen LogP contribution in [0.15, 0.2) is 41.1 Å². The van der Waals surface area contributed by atoms with Gasteiger partial charge in [-0.3, -0.25) is 4.79 Å². The second-order valence-corrected chi connectivity index (χ2v) is 5.27. The summed E-state index contributed by atoms with van der Waals surface area (Å²) in [5.74, 6) is -0.0707. The highest BCUT2D eigenvalue weighted by atomic mass is 79.9. The smallest absolute Gasteiger partial charge is 0.221 e. The van der Waals surface area contributed by atoms with Crippen LogP contribution >= 0.6 is 15.9 Å². The molecule has 1 amide bonds. The van der Waals surface area contributed by atoms with Gasteiger partial charge in [-0.1, -0.05) is 18.2 Å². The predicted octanol–water partition coefficient (Wildman–Crippen LogP) is 3.72. The summed E-state index contributed by atoms with van der Waals surface area (Å²) in [5.41, 5.74) is 3.88. The van der Waals surface area contributed by atoms with E-state index in [1.165, 1.54) is 6.92 Å². The van der Waals surface area contributed by atoms with Crippen LogP contribution in [0.25, 0.3) is 0 Å². The molecule has 0 aliphatic carbocycles. The molecule has 0 aliphatic rings. The zero-order chi connectivity index (χ0) is 14.5. The van der Waals surface area contributed by atoms with Crippen molar-refractivity contribution in [3.63, 3.8) is 0 Å². The highest BCUT2D eigenvalue weighted by molar-refractivity contribution is 9.10. The topological polar surface area (TPSA) is 54.0 Å². The minimum atomic E-state index is -0.0707. The number of carbonyl (C=O) groups excluding carboxylic acids is 1. The fourth-order valence-corrected chi connectivity index (χ4v) is 2.05. The largest absolute Gasteiger partial charge is 0.380 e. The number of para-hydroxylation sites is 1. The molecule has 1 aromatic carbocycles. The molecule has 4 nitrogen and oxygen atoms in total. The molecule has 20 heavy (non-hydrogen) atoms. The van der Waals surface area contributed by atoms with E-state index in [4.69, 9.17) is 0 Å². The van der Waals surface area contributed by atoms with Gasteiger partial charge in [0.2, 0.25) is 5.91 Å². The summed E-state index contributed by atoms with van der Waals surface area (Å²) in [6.45, 7) is 4.12. The second-order valence-electron chi connectivity index (χ2n) is 4.52. The Bertz CT molecular complexity index is 628. The summed E-state index contributed by atoms with van der Waals surface area (Å²) < 4.78 is 0.849. The standard InChI is InChI=1S/C15H16BrN3O/c1-10-7-13(9-18-15(10)16)17-8-12-5-3-4-6-14(12)19-11(2)20/h3-7,9,17H,8H2,1-2H3,(H,19,20). The third-order valence-corrected chi connectivity index (χ3v) is 3.66. The van der Waals surface area contributed by atoms with E-state index in [2.05, 4.69) is 31.5 Å². The van der Waals surface area contributed by atoms with E-state index in [1.807, 2.05) is 37.3 Å². The van der Waals surface area contributed by atoms with Crippen LogP contribution in [-0.2, 0) is 11.3 Å². The van der Waals surface area contributed by atoms with Crippen LogP contribution in [0.3, 0.4) is 0 Å². The molecule has 0 atom stereocenters. The lowest BCUT2D eigenvalue weighted by Gasteiger charge is -2.12. The quantitative estimate of drug-likeness (QED) is 0.838. The Morgan fingerprint density at radius 3 is 2.80 bits per heavy atom. The number of hydrogen-bond donors (Lipinski definition) is 2. The van der Waals surface area contributed by atoms with E-state index in [0.29, 0.717) is 6.54 Å². The molecule has 0 radical (unpaired) electrons. The molecule has 0 fully saturated rings. The van der Waals surface area contributed by atoms with Crippen molar-refractivity contribution in [3.05, 3.63) is 52.3 Å². The normalized spacial score (nSPS) is 10.2. The Hall–Kier alpha value is -1.88. The predicted molar refractivity (Wildman–Crippen MR) is 84.7 cm³/mol. The van der Waals surface area contributed by atoms with Crippen LogP contribution in [0.5, 0.6) is 0 Å². The maximum Gasteiger partial charge on any atom is 0.221 e. The molecule has 2 aromatic rings. The van der Waals surface area contributed by atoms with Crippen LogP contribution in [0.4, 0.5) is 11.4 Å². The Morgan fingerprint density at radius 2 is 2.10 bits per heavy atom. The van der Waals surface area contributed by atoms with Crippen LogP contribution in [0.2, 0.25) is 0 Å². The van der Waals surface area contributed by atoms with Crippen molar-refractivity contribution in [1.29, 1.82) is 0 Å². The lowest BCUT2D eigenvalue weighted by Crippen LogP contribution is -2.10. The van der Waals surface area contributed by atoms with E-state index in [1.54, 1.807) is 6.20 Å². The fraction of sp³-hybridized carbons (Fsp3) is 0.200. The fourth-order valence-electron chi connectivity index (χ4n) is 1.84. The molecule has 1 heterocycles. The van der Waals surface area contributed by atoms with Gasteiger partial charge in [0.15, 0.2) is 0 Å². The van der Waals surface area contributed by atoms with Gasteiger partial charge in [0.05, 0.1) is 11.9 Å². The van der Waals surface area contributed by atoms with Crippen LogP contribution in [-0.4, -0.2) is 10.9 Å². The number of pyridine rings is 1. The van der Waals surface area contributed by atoms with Crippen molar-refractivity contribution in [2.24, 2.45) is 0 Å². The second kappa shape index (κ2) is 6.52. The van der Waals surface area contributed by atoms with Gasteiger partial charge in [-0.2, -0.15) is 0 Å². The van der Waals surface area contributed by atoms with Crippen LogP contribution in [0, 0.1) is 6.92 Å². The number of nitrogens with one attached hydrogen (secondary N) is 2. The van der Waals surface area contributed by atoms with Crippen LogP contribution in [0.1, 0.15) is 18.1 Å². The number of benzene rings is 1. The molecule has 0 saturated carbocycles. The Kier molecular flexibility index (Phi) is 4.74. The number of carbonyl (C=O) groups is 1. The number of rotatable bonds is 4. The Morgan fingerprint density at radius 1 is 1.35 bits per heavy atom. The molecule has 0 saturated heterocycles. The third-order valence-electron chi connectivity index (χ3n) is 2.83. The summed E-state index contributed by atoms with van der Waals surface area (Å²) in [6.07, 6.45) is 1.78. The van der Waals surface area contributed by atoms with Gasteiger partial charge in [-0.15, -0.1) is 0 Å². The van der Waals surface area contributed by atoms with Crippen LogP contribution < -0.4 is 10.6 Å². The first-order chi connectivity index (χ1) is 9.56. The minimum Gasteiger partial charge on any atom is -0.380 e. The highest BCUT2D eigenvalue weighted by Gasteiger charge is 2.04. The number of aromatic nitrogens is 1. The average molecular weight is 334 g/mol. The number of amides is 1. The van der Waals surface area contributed by atoms with Crippen molar-refractivity contribution in [2.75, 3.05) is 10.6 Å². The summed E-state index contributed by atoms with van der Waals surface area (Å²) >= 11 is 3.38. The summed E-state index contributed by atoms with van der Waals surface area (Å²) in [6, 6.07) is 9.76. The molecule has 5 heteroatoms. The first-order valence-corrected chi connectivity index (χ1v) is 7.07. The zero-order valence-electron chi connectivity index (χ0n) is 11.4. The van der Waals surface area contributed by atoms with Crippen molar-refractivity contribution in [1.82, 2.24) is 4.98 Å². The monoisotopic (exact) mass is 333 g/mol.